The largest absolute Gasteiger partial charge is 0.347 e. The van der Waals surface area contributed by atoms with E-state index in [0.717, 1.165) is 41.4 Å². The second-order valence-corrected chi connectivity index (χ2v) is 6.40. The fourth-order valence-electron chi connectivity index (χ4n) is 3.21. The molecule has 3 fully saturated rings. The van der Waals surface area contributed by atoms with Gasteiger partial charge in [-0.25, -0.2) is 0 Å². The first kappa shape index (κ1) is 17.3. The molecule has 3 aliphatic rings. The minimum atomic E-state index is 0. The van der Waals surface area contributed by atoms with Crippen LogP contribution in [0.5, 0.6) is 0 Å². The Morgan fingerprint density at radius 3 is 2.45 bits per heavy atom. The summed E-state index contributed by atoms with van der Waals surface area (Å²) in [6.07, 6.45) is 7.07. The van der Waals surface area contributed by atoms with E-state index < -0.39 is 0 Å². The molecule has 1 aliphatic carbocycles. The van der Waals surface area contributed by atoms with E-state index in [9.17, 15) is 0 Å². The van der Waals surface area contributed by atoms with Gasteiger partial charge in [0.1, 0.15) is 5.69 Å². The molecule has 1 aromatic rings. The summed E-state index contributed by atoms with van der Waals surface area (Å²) >= 11 is 5.51. The molecule has 4 rings (SSSR count). The van der Waals surface area contributed by atoms with Crippen molar-refractivity contribution in [2.45, 2.75) is 32.6 Å². The molecule has 0 aromatic carbocycles. The zero-order chi connectivity index (χ0) is 14.7. The molecule has 3 heterocycles. The number of rotatable bonds is 2. The summed E-state index contributed by atoms with van der Waals surface area (Å²) in [5.74, 6) is 1.60. The zero-order valence-electron chi connectivity index (χ0n) is 12.7. The summed E-state index contributed by atoms with van der Waals surface area (Å²) in [6, 6.07) is 3.74. The van der Waals surface area contributed by atoms with Crippen LogP contribution in [0.2, 0.25) is 0 Å². The molecule has 1 saturated carbocycles. The van der Waals surface area contributed by atoms with Gasteiger partial charge >= 0.3 is 0 Å². The van der Waals surface area contributed by atoms with E-state index in [1.165, 1.54) is 25.7 Å². The number of thiocarbonyl (C=S) groups is 1. The van der Waals surface area contributed by atoms with Gasteiger partial charge in [-0.3, -0.25) is 5.43 Å². The van der Waals surface area contributed by atoms with Crippen molar-refractivity contribution in [3.63, 3.8) is 0 Å². The zero-order valence-corrected chi connectivity index (χ0v) is 14.6. The molecule has 2 saturated heterocycles. The van der Waals surface area contributed by atoms with Crippen LogP contribution in [0.4, 0.5) is 0 Å². The Bertz CT molecular complexity index is 514. The maximum Gasteiger partial charge on any atom is 0.189 e. The minimum Gasteiger partial charge on any atom is -0.347 e. The van der Waals surface area contributed by atoms with Gasteiger partial charge in [-0.05, 0) is 68.8 Å². The van der Waals surface area contributed by atoms with E-state index in [4.69, 9.17) is 12.2 Å². The average molecular weight is 359 g/mol. The van der Waals surface area contributed by atoms with Gasteiger partial charge in [0.2, 0.25) is 0 Å². The molecule has 2 bridgehead atoms. The van der Waals surface area contributed by atoms with Crippen LogP contribution in [-0.4, -0.2) is 39.0 Å². The standard InChI is InChI=1S/C15H21N5S.Fe/c1-11(14-3-2-8-16-18-14)17-19-15(21)20-9-12-4-5-13(10-20)7-6-12;/h2-3,8,12-13H,4-7,9-10H2,1H3,(H,19,21);. The van der Waals surface area contributed by atoms with Crippen molar-refractivity contribution in [1.29, 1.82) is 0 Å². The molecule has 0 amide bonds. The number of nitrogens with zero attached hydrogens (tertiary/aromatic N) is 4. The maximum atomic E-state index is 5.51. The maximum absolute atomic E-state index is 5.51. The van der Waals surface area contributed by atoms with E-state index in [0.29, 0.717) is 0 Å². The Kier molecular flexibility index (Phi) is 6.29. The number of hydrogen-bond acceptors (Lipinski definition) is 4. The number of nitrogens with one attached hydrogen (secondary N) is 1. The fourth-order valence-corrected chi connectivity index (χ4v) is 3.41. The average Bonchev–Trinajstić information content (AvgIpc) is 2.87. The molecule has 5 nitrogen and oxygen atoms in total. The summed E-state index contributed by atoms with van der Waals surface area (Å²) in [4.78, 5) is 2.29. The van der Waals surface area contributed by atoms with Gasteiger partial charge in [0.05, 0.1) is 5.71 Å². The molecular formula is C15H21FeN5S. The fraction of sp³-hybridized carbons (Fsp3) is 0.600. The van der Waals surface area contributed by atoms with E-state index in [-0.39, 0.29) is 17.1 Å². The van der Waals surface area contributed by atoms with E-state index in [1.54, 1.807) is 6.20 Å². The molecule has 7 heteroatoms. The van der Waals surface area contributed by atoms with Crippen molar-refractivity contribution in [2.24, 2.45) is 16.9 Å². The Balaban J connectivity index is 0.00000176. The van der Waals surface area contributed by atoms with Gasteiger partial charge in [-0.15, -0.1) is 5.10 Å². The summed E-state index contributed by atoms with van der Waals surface area (Å²) in [5, 5.41) is 13.0. The van der Waals surface area contributed by atoms with Crippen molar-refractivity contribution >= 4 is 23.0 Å². The molecule has 1 aromatic heterocycles. The predicted molar refractivity (Wildman–Crippen MR) is 87.0 cm³/mol. The van der Waals surface area contributed by atoms with Crippen LogP contribution in [0.1, 0.15) is 38.3 Å². The molecule has 2 aliphatic heterocycles. The van der Waals surface area contributed by atoms with E-state index in [1.807, 2.05) is 19.1 Å². The van der Waals surface area contributed by atoms with Gasteiger partial charge < -0.3 is 4.90 Å². The van der Waals surface area contributed by atoms with Crippen molar-refractivity contribution in [3.05, 3.63) is 24.0 Å². The Hall–Kier alpha value is -1.04. The Morgan fingerprint density at radius 1 is 1.27 bits per heavy atom. The summed E-state index contributed by atoms with van der Waals surface area (Å²) < 4.78 is 0. The van der Waals surface area contributed by atoms with Crippen molar-refractivity contribution in [3.8, 4) is 0 Å². The van der Waals surface area contributed by atoms with Crippen LogP contribution in [0.15, 0.2) is 23.4 Å². The van der Waals surface area contributed by atoms with Gasteiger partial charge in [0, 0.05) is 36.4 Å². The van der Waals surface area contributed by atoms with Gasteiger partial charge in [-0.1, -0.05) is 0 Å². The molecule has 0 radical (unpaired) electrons. The van der Waals surface area contributed by atoms with Crippen LogP contribution in [0.25, 0.3) is 0 Å². The summed E-state index contributed by atoms with van der Waals surface area (Å²) in [7, 11) is 0. The van der Waals surface area contributed by atoms with Gasteiger partial charge in [0.25, 0.3) is 0 Å². The van der Waals surface area contributed by atoms with Crippen LogP contribution >= 0.6 is 12.2 Å². The third kappa shape index (κ3) is 4.24. The van der Waals surface area contributed by atoms with Gasteiger partial charge in [0.15, 0.2) is 5.11 Å². The first-order valence-electron chi connectivity index (χ1n) is 7.59. The SMILES string of the molecule is CC(=NNC(=S)N1CC2CCC(CC2)C1)c1cccnn1.[Fe]. The molecule has 0 atom stereocenters. The summed E-state index contributed by atoms with van der Waals surface area (Å²) in [5.41, 5.74) is 4.59. The van der Waals surface area contributed by atoms with Crippen LogP contribution in [0.3, 0.4) is 0 Å². The molecule has 0 unspecified atom stereocenters. The third-order valence-corrected chi connectivity index (χ3v) is 4.82. The van der Waals surface area contributed by atoms with Crippen molar-refractivity contribution in [1.82, 2.24) is 20.5 Å². The molecule has 120 valence electrons. The first-order valence-corrected chi connectivity index (χ1v) is 8.00. The van der Waals surface area contributed by atoms with Crippen molar-refractivity contribution in [2.75, 3.05) is 13.1 Å². The first-order chi connectivity index (χ1) is 10.2. The smallest absolute Gasteiger partial charge is 0.189 e. The quantitative estimate of drug-likeness (QED) is 0.380. The topological polar surface area (TPSA) is 53.4 Å². The molecule has 22 heavy (non-hydrogen) atoms. The van der Waals surface area contributed by atoms with Gasteiger partial charge in [-0.2, -0.15) is 10.2 Å². The number of hydrogen-bond donors (Lipinski definition) is 1. The number of hydrazone groups is 1. The predicted octanol–water partition coefficient (Wildman–Crippen LogP) is 2.19. The summed E-state index contributed by atoms with van der Waals surface area (Å²) in [6.45, 7) is 4.05. The second-order valence-electron chi connectivity index (χ2n) is 6.01. The van der Waals surface area contributed by atoms with Crippen LogP contribution in [-0.2, 0) is 17.1 Å². The van der Waals surface area contributed by atoms with E-state index in [2.05, 4.69) is 25.6 Å². The second kappa shape index (κ2) is 7.99. The Labute approximate surface area is 147 Å². The monoisotopic (exact) mass is 359 g/mol. The molecule has 0 spiro atoms. The van der Waals surface area contributed by atoms with E-state index >= 15 is 0 Å². The number of fused-ring (bicyclic) bond motifs is 4. The van der Waals surface area contributed by atoms with Crippen molar-refractivity contribution < 1.29 is 17.1 Å². The number of aromatic nitrogens is 2. The minimum absolute atomic E-state index is 0. The third-order valence-electron chi connectivity index (χ3n) is 4.47. The molecular weight excluding hydrogens is 338 g/mol. The van der Waals surface area contributed by atoms with Crippen LogP contribution < -0.4 is 5.43 Å². The van der Waals surface area contributed by atoms with Crippen LogP contribution in [0, 0.1) is 11.8 Å². The Morgan fingerprint density at radius 2 is 1.91 bits per heavy atom. The normalized spacial score (nSPS) is 24.4. The molecule has 1 N–H and O–H groups in total.